The van der Waals surface area contributed by atoms with Crippen molar-refractivity contribution in [3.05, 3.63) is 42.0 Å². The van der Waals surface area contributed by atoms with E-state index in [1.54, 1.807) is 0 Å². The molecule has 0 spiro atoms. The van der Waals surface area contributed by atoms with Gasteiger partial charge in [0.25, 0.3) is 5.91 Å². The van der Waals surface area contributed by atoms with Gasteiger partial charge in [-0.05, 0) is 67.6 Å². The summed E-state index contributed by atoms with van der Waals surface area (Å²) in [4.78, 5) is 27.2. The second-order valence-corrected chi connectivity index (χ2v) is 10.6. The number of ether oxygens (including phenoxy) is 1. The molecule has 2 amide bonds. The number of nitrogens with one attached hydrogen (secondary N) is 1. The summed E-state index contributed by atoms with van der Waals surface area (Å²) in [5.41, 5.74) is 0.977. The molecule has 0 radical (unpaired) electrons. The van der Waals surface area contributed by atoms with Crippen LogP contribution in [0.3, 0.4) is 0 Å². The van der Waals surface area contributed by atoms with Crippen molar-refractivity contribution < 1.29 is 14.3 Å². The highest BCUT2D eigenvalue weighted by molar-refractivity contribution is 5.94. The van der Waals surface area contributed by atoms with Gasteiger partial charge in [-0.1, -0.05) is 31.6 Å². The van der Waals surface area contributed by atoms with Gasteiger partial charge in [0.2, 0.25) is 5.91 Å². The van der Waals surface area contributed by atoms with Gasteiger partial charge in [-0.2, -0.15) is 0 Å². The first-order valence-electron chi connectivity index (χ1n) is 12.5. The predicted octanol–water partition coefficient (Wildman–Crippen LogP) is 4.58. The van der Waals surface area contributed by atoms with Crippen molar-refractivity contribution in [2.75, 3.05) is 19.6 Å². The third-order valence-corrected chi connectivity index (χ3v) is 8.38. The van der Waals surface area contributed by atoms with Gasteiger partial charge in [0, 0.05) is 44.0 Å². The lowest BCUT2D eigenvalue weighted by Crippen LogP contribution is -2.45. The van der Waals surface area contributed by atoms with E-state index >= 15 is 0 Å². The molecule has 3 unspecified atom stereocenters. The Labute approximate surface area is 191 Å². The number of fused-ring (bicyclic) bond motifs is 2. The van der Waals surface area contributed by atoms with E-state index in [-0.39, 0.29) is 17.9 Å². The molecule has 172 valence electrons. The summed E-state index contributed by atoms with van der Waals surface area (Å²) in [7, 11) is 0. The molecule has 1 saturated heterocycles. The third-order valence-electron chi connectivity index (χ3n) is 8.38. The van der Waals surface area contributed by atoms with Crippen molar-refractivity contribution in [2.45, 2.75) is 64.4 Å². The van der Waals surface area contributed by atoms with E-state index in [2.05, 4.69) is 24.4 Å². The van der Waals surface area contributed by atoms with Crippen molar-refractivity contribution in [3.8, 4) is 5.75 Å². The molecule has 5 heteroatoms. The highest BCUT2D eigenvalue weighted by atomic mass is 16.5. The Morgan fingerprint density at radius 1 is 1.16 bits per heavy atom. The van der Waals surface area contributed by atoms with Gasteiger partial charge in [0.1, 0.15) is 11.9 Å². The monoisotopic (exact) mass is 436 g/mol. The van der Waals surface area contributed by atoms with Gasteiger partial charge in [-0.15, -0.1) is 0 Å². The highest BCUT2D eigenvalue weighted by Crippen LogP contribution is 2.53. The number of likely N-dealkylation sites (tertiary alicyclic amines) is 1. The minimum Gasteiger partial charge on any atom is -0.490 e. The normalized spacial score (nSPS) is 29.7. The fourth-order valence-corrected chi connectivity index (χ4v) is 6.05. The number of rotatable bonds is 7. The smallest absolute Gasteiger partial charge is 0.251 e. The van der Waals surface area contributed by atoms with Crippen LogP contribution in [0.5, 0.6) is 5.75 Å². The van der Waals surface area contributed by atoms with E-state index in [4.69, 9.17) is 4.74 Å². The van der Waals surface area contributed by atoms with Crippen LogP contribution < -0.4 is 10.1 Å². The fraction of sp³-hybridized carbons (Fsp3) is 0.630. The summed E-state index contributed by atoms with van der Waals surface area (Å²) in [5, 5.41) is 3.12. The van der Waals surface area contributed by atoms with Crippen LogP contribution in [-0.4, -0.2) is 42.5 Å². The summed E-state index contributed by atoms with van der Waals surface area (Å²) >= 11 is 0. The number of carbonyl (C=O) groups is 2. The first-order chi connectivity index (χ1) is 15.5. The lowest BCUT2D eigenvalue weighted by molar-refractivity contribution is -0.140. The van der Waals surface area contributed by atoms with E-state index < -0.39 is 0 Å². The van der Waals surface area contributed by atoms with Crippen molar-refractivity contribution in [1.82, 2.24) is 10.2 Å². The second-order valence-electron chi connectivity index (χ2n) is 10.6. The maximum atomic E-state index is 12.7. The molecule has 5 nitrogen and oxygen atoms in total. The quantitative estimate of drug-likeness (QED) is 0.637. The van der Waals surface area contributed by atoms with E-state index in [0.29, 0.717) is 29.3 Å². The molecule has 2 saturated carbocycles. The Kier molecular flexibility index (Phi) is 6.00. The van der Waals surface area contributed by atoms with E-state index in [9.17, 15) is 9.59 Å². The van der Waals surface area contributed by atoms with Gasteiger partial charge in [-0.25, -0.2) is 0 Å². The molecular formula is C27H36N2O3. The van der Waals surface area contributed by atoms with E-state index in [1.807, 2.05) is 29.2 Å². The van der Waals surface area contributed by atoms with Gasteiger partial charge in [0.05, 0.1) is 0 Å². The van der Waals surface area contributed by atoms with Gasteiger partial charge < -0.3 is 15.0 Å². The molecule has 5 rings (SSSR count). The zero-order chi connectivity index (χ0) is 22.1. The number of hydrogen-bond donors (Lipinski definition) is 1. The molecule has 1 aromatic carbocycles. The maximum Gasteiger partial charge on any atom is 0.251 e. The van der Waals surface area contributed by atoms with Crippen LogP contribution in [-0.2, 0) is 4.79 Å². The average Bonchev–Trinajstić information content (AvgIpc) is 3.34. The van der Waals surface area contributed by atoms with Crippen molar-refractivity contribution in [3.63, 3.8) is 0 Å². The van der Waals surface area contributed by atoms with Crippen molar-refractivity contribution >= 4 is 11.8 Å². The zero-order valence-corrected chi connectivity index (χ0v) is 19.2. The number of benzene rings is 1. The number of piperidine rings is 1. The molecule has 32 heavy (non-hydrogen) atoms. The molecule has 2 bridgehead atoms. The molecule has 0 aromatic heterocycles. The molecule has 1 aliphatic heterocycles. The Bertz CT molecular complexity index is 885. The Hall–Kier alpha value is -2.30. The molecule has 1 aromatic rings. The topological polar surface area (TPSA) is 58.6 Å². The Morgan fingerprint density at radius 2 is 1.97 bits per heavy atom. The fourth-order valence-electron chi connectivity index (χ4n) is 6.05. The SMILES string of the molecule is CC1(CCNC(=O)c2cccc(OC3CCN(C(=O)C4CCC4)CC3)c2)CC2C=CC1C2. The van der Waals surface area contributed by atoms with Gasteiger partial charge in [0.15, 0.2) is 0 Å². The number of allylic oxidation sites excluding steroid dienone is 2. The maximum absolute atomic E-state index is 12.7. The number of hydrogen-bond acceptors (Lipinski definition) is 3. The predicted molar refractivity (Wildman–Crippen MR) is 124 cm³/mol. The summed E-state index contributed by atoms with van der Waals surface area (Å²) in [6.45, 7) is 4.63. The summed E-state index contributed by atoms with van der Waals surface area (Å²) < 4.78 is 6.18. The molecule has 4 aliphatic rings. The summed E-state index contributed by atoms with van der Waals surface area (Å²) in [6, 6.07) is 7.51. The first-order valence-corrected chi connectivity index (χ1v) is 12.5. The standard InChI is InChI=1S/C27H36N2O3/c1-27(18-19-8-9-22(27)16-19)12-13-28-25(30)21-6-3-7-24(17-21)32-23-10-14-29(15-11-23)26(31)20-4-2-5-20/h3,6-9,17,19-20,22-23H,2,4-5,10-16,18H2,1H3,(H,28,30). The first kappa shape index (κ1) is 21.5. The minimum absolute atomic E-state index is 0.0290. The van der Waals surface area contributed by atoms with Crippen LogP contribution in [0.1, 0.15) is 68.6 Å². The lowest BCUT2D eigenvalue weighted by atomic mass is 9.75. The zero-order valence-electron chi connectivity index (χ0n) is 19.2. The van der Waals surface area contributed by atoms with Crippen LogP contribution in [0, 0.1) is 23.2 Å². The van der Waals surface area contributed by atoms with E-state index in [1.165, 1.54) is 19.3 Å². The second kappa shape index (κ2) is 8.92. The van der Waals surface area contributed by atoms with Crippen molar-refractivity contribution in [2.24, 2.45) is 23.2 Å². The molecule has 1 heterocycles. The molecule has 3 aliphatic carbocycles. The van der Waals surface area contributed by atoms with Crippen LogP contribution in [0.25, 0.3) is 0 Å². The highest BCUT2D eigenvalue weighted by Gasteiger charge is 2.44. The van der Waals surface area contributed by atoms with Crippen LogP contribution in [0.15, 0.2) is 36.4 Å². The lowest BCUT2D eigenvalue weighted by Gasteiger charge is -2.36. The van der Waals surface area contributed by atoms with Crippen LogP contribution in [0.2, 0.25) is 0 Å². The van der Waals surface area contributed by atoms with Crippen LogP contribution >= 0.6 is 0 Å². The van der Waals surface area contributed by atoms with Gasteiger partial charge in [-0.3, -0.25) is 9.59 Å². The van der Waals surface area contributed by atoms with E-state index in [0.717, 1.165) is 56.9 Å². The molecule has 3 atom stereocenters. The molecule has 3 fully saturated rings. The Morgan fingerprint density at radius 3 is 2.62 bits per heavy atom. The molecule has 1 N–H and O–H groups in total. The van der Waals surface area contributed by atoms with Gasteiger partial charge >= 0.3 is 0 Å². The summed E-state index contributed by atoms with van der Waals surface area (Å²) in [5.74, 6) is 2.74. The number of nitrogens with zero attached hydrogens (tertiary/aromatic N) is 1. The number of carbonyl (C=O) groups excluding carboxylic acids is 2. The summed E-state index contributed by atoms with van der Waals surface area (Å²) in [6.07, 6.45) is 13.4. The minimum atomic E-state index is -0.0290. The Balaban J connectivity index is 1.08. The molecular weight excluding hydrogens is 400 g/mol. The number of amides is 2. The van der Waals surface area contributed by atoms with Crippen LogP contribution in [0.4, 0.5) is 0 Å². The van der Waals surface area contributed by atoms with Crippen molar-refractivity contribution in [1.29, 1.82) is 0 Å². The largest absolute Gasteiger partial charge is 0.490 e. The average molecular weight is 437 g/mol. The third kappa shape index (κ3) is 4.44.